The van der Waals surface area contributed by atoms with Crippen molar-refractivity contribution in [2.24, 2.45) is 0 Å². The average molecular weight is 287 g/mol. The molecular formula is C16H21N3S. The van der Waals surface area contributed by atoms with E-state index in [0.717, 1.165) is 25.7 Å². The minimum absolute atomic E-state index is 0.760. The van der Waals surface area contributed by atoms with Crippen molar-refractivity contribution in [3.63, 3.8) is 0 Å². The fourth-order valence-electron chi connectivity index (χ4n) is 2.42. The zero-order chi connectivity index (χ0) is 13.8. The van der Waals surface area contributed by atoms with Gasteiger partial charge in [0.25, 0.3) is 0 Å². The normalized spacial score (nSPS) is 14.9. The van der Waals surface area contributed by atoms with E-state index in [4.69, 9.17) is 0 Å². The van der Waals surface area contributed by atoms with Crippen LogP contribution >= 0.6 is 11.3 Å². The van der Waals surface area contributed by atoms with Gasteiger partial charge in [-0.1, -0.05) is 12.1 Å². The quantitative estimate of drug-likeness (QED) is 0.848. The first-order valence-corrected chi connectivity index (χ1v) is 8.08. The molecule has 0 atom stereocenters. The van der Waals surface area contributed by atoms with E-state index in [0.29, 0.717) is 0 Å². The first kappa shape index (κ1) is 13.7. The molecule has 0 aromatic carbocycles. The summed E-state index contributed by atoms with van der Waals surface area (Å²) in [5.74, 6) is 0. The van der Waals surface area contributed by atoms with Crippen LogP contribution in [0, 0.1) is 0 Å². The second-order valence-corrected chi connectivity index (χ2v) is 6.44. The molecular weight excluding hydrogens is 266 g/mol. The Bertz CT molecular complexity index is 517. The molecule has 106 valence electrons. The maximum Gasteiger partial charge on any atom is 0.0544 e. The summed E-state index contributed by atoms with van der Waals surface area (Å²) in [6, 6.07) is 9.46. The minimum atomic E-state index is 0.760. The van der Waals surface area contributed by atoms with Crippen LogP contribution in [0.25, 0.3) is 0 Å². The number of hydrogen-bond donors (Lipinski definition) is 1. The van der Waals surface area contributed by atoms with Gasteiger partial charge in [0.05, 0.1) is 5.69 Å². The summed E-state index contributed by atoms with van der Waals surface area (Å²) in [5, 5.41) is 5.31. The first-order valence-electron chi connectivity index (χ1n) is 7.20. The standard InChI is InChI=1S/C16H21N3S/c1-17-9-13-4-5-14(18-10-13)11-19(15-6-7-15)12-16-3-2-8-20-16/h2-5,8,10,15,17H,6-7,9,11-12H2,1H3. The smallest absolute Gasteiger partial charge is 0.0544 e. The molecule has 2 heterocycles. The van der Waals surface area contributed by atoms with Gasteiger partial charge in [0, 0.05) is 36.8 Å². The molecule has 0 unspecified atom stereocenters. The lowest BCUT2D eigenvalue weighted by Gasteiger charge is -2.20. The molecule has 20 heavy (non-hydrogen) atoms. The van der Waals surface area contributed by atoms with Crippen molar-refractivity contribution < 1.29 is 0 Å². The summed E-state index contributed by atoms with van der Waals surface area (Å²) >= 11 is 1.85. The third-order valence-corrected chi connectivity index (χ3v) is 4.50. The predicted molar refractivity (Wildman–Crippen MR) is 83.6 cm³/mol. The molecule has 0 amide bonds. The van der Waals surface area contributed by atoms with Gasteiger partial charge >= 0.3 is 0 Å². The topological polar surface area (TPSA) is 28.2 Å². The number of hydrogen-bond acceptors (Lipinski definition) is 4. The highest BCUT2D eigenvalue weighted by atomic mass is 32.1. The molecule has 1 aliphatic rings. The minimum Gasteiger partial charge on any atom is -0.316 e. The van der Waals surface area contributed by atoms with Gasteiger partial charge in [-0.25, -0.2) is 0 Å². The number of nitrogens with zero attached hydrogens (tertiary/aromatic N) is 2. The SMILES string of the molecule is CNCc1ccc(CN(Cc2cccs2)C2CC2)nc1. The molecule has 3 rings (SSSR count). The van der Waals surface area contributed by atoms with Gasteiger partial charge in [0.1, 0.15) is 0 Å². The van der Waals surface area contributed by atoms with Gasteiger partial charge in [-0.2, -0.15) is 0 Å². The van der Waals surface area contributed by atoms with E-state index in [1.807, 2.05) is 24.6 Å². The average Bonchev–Trinajstić information content (AvgIpc) is 3.19. The van der Waals surface area contributed by atoms with Crippen molar-refractivity contribution in [2.45, 2.75) is 38.5 Å². The Balaban J connectivity index is 1.63. The van der Waals surface area contributed by atoms with Gasteiger partial charge in [-0.15, -0.1) is 11.3 Å². The summed E-state index contributed by atoms with van der Waals surface area (Å²) in [6.07, 6.45) is 4.66. The van der Waals surface area contributed by atoms with Crippen LogP contribution < -0.4 is 5.32 Å². The number of pyridine rings is 1. The van der Waals surface area contributed by atoms with Crippen LogP contribution in [0.2, 0.25) is 0 Å². The molecule has 2 aromatic rings. The van der Waals surface area contributed by atoms with Gasteiger partial charge < -0.3 is 5.32 Å². The van der Waals surface area contributed by atoms with Crippen molar-refractivity contribution in [1.82, 2.24) is 15.2 Å². The van der Waals surface area contributed by atoms with E-state index < -0.39 is 0 Å². The maximum atomic E-state index is 4.60. The van der Waals surface area contributed by atoms with Crippen LogP contribution in [0.1, 0.15) is 29.0 Å². The Morgan fingerprint density at radius 1 is 1.30 bits per heavy atom. The van der Waals surface area contributed by atoms with Crippen LogP contribution in [0.4, 0.5) is 0 Å². The zero-order valence-electron chi connectivity index (χ0n) is 11.9. The van der Waals surface area contributed by atoms with Gasteiger partial charge in [0.2, 0.25) is 0 Å². The van der Waals surface area contributed by atoms with Gasteiger partial charge in [-0.05, 0) is 43.0 Å². The van der Waals surface area contributed by atoms with Crippen molar-refractivity contribution in [3.8, 4) is 0 Å². The Morgan fingerprint density at radius 2 is 2.20 bits per heavy atom. The van der Waals surface area contributed by atoms with E-state index in [1.165, 1.54) is 29.0 Å². The molecule has 0 aliphatic heterocycles. The number of rotatable bonds is 7. The lowest BCUT2D eigenvalue weighted by Crippen LogP contribution is -2.25. The highest BCUT2D eigenvalue weighted by Gasteiger charge is 2.29. The summed E-state index contributed by atoms with van der Waals surface area (Å²) in [4.78, 5) is 8.61. The lowest BCUT2D eigenvalue weighted by molar-refractivity contribution is 0.245. The number of nitrogens with one attached hydrogen (secondary N) is 1. The molecule has 2 aromatic heterocycles. The van der Waals surface area contributed by atoms with Crippen LogP contribution in [0.15, 0.2) is 35.8 Å². The van der Waals surface area contributed by atoms with E-state index in [2.05, 4.69) is 44.8 Å². The highest BCUT2D eigenvalue weighted by Crippen LogP contribution is 2.30. The van der Waals surface area contributed by atoms with Crippen molar-refractivity contribution >= 4 is 11.3 Å². The van der Waals surface area contributed by atoms with E-state index in [-0.39, 0.29) is 0 Å². The molecule has 4 heteroatoms. The van der Waals surface area contributed by atoms with Crippen LogP contribution in [0.5, 0.6) is 0 Å². The van der Waals surface area contributed by atoms with Gasteiger partial charge in [0.15, 0.2) is 0 Å². The van der Waals surface area contributed by atoms with E-state index in [9.17, 15) is 0 Å². The Labute approximate surface area is 124 Å². The van der Waals surface area contributed by atoms with E-state index in [1.54, 1.807) is 0 Å². The summed E-state index contributed by atoms with van der Waals surface area (Å²) in [5.41, 5.74) is 2.42. The molecule has 1 N–H and O–H groups in total. The van der Waals surface area contributed by atoms with Crippen molar-refractivity contribution in [1.29, 1.82) is 0 Å². The summed E-state index contributed by atoms with van der Waals surface area (Å²) in [7, 11) is 1.96. The molecule has 1 saturated carbocycles. The molecule has 3 nitrogen and oxygen atoms in total. The molecule has 0 bridgehead atoms. The predicted octanol–water partition coefficient (Wildman–Crippen LogP) is 3.03. The fourth-order valence-corrected chi connectivity index (χ4v) is 3.15. The summed E-state index contributed by atoms with van der Waals surface area (Å²) in [6.45, 7) is 2.90. The highest BCUT2D eigenvalue weighted by molar-refractivity contribution is 7.09. The first-order chi connectivity index (χ1) is 9.85. The Morgan fingerprint density at radius 3 is 2.80 bits per heavy atom. The molecule has 1 fully saturated rings. The largest absolute Gasteiger partial charge is 0.316 e. The second-order valence-electron chi connectivity index (χ2n) is 5.40. The Kier molecular flexibility index (Phi) is 4.45. The number of thiophene rings is 1. The molecule has 0 radical (unpaired) electrons. The fraction of sp³-hybridized carbons (Fsp3) is 0.438. The third kappa shape index (κ3) is 3.66. The molecule has 0 saturated heterocycles. The van der Waals surface area contributed by atoms with Crippen LogP contribution in [-0.4, -0.2) is 23.0 Å². The van der Waals surface area contributed by atoms with Crippen molar-refractivity contribution in [3.05, 3.63) is 52.0 Å². The molecule has 1 aliphatic carbocycles. The second kappa shape index (κ2) is 6.48. The monoisotopic (exact) mass is 287 g/mol. The number of aromatic nitrogens is 1. The van der Waals surface area contributed by atoms with Crippen LogP contribution in [-0.2, 0) is 19.6 Å². The maximum absolute atomic E-state index is 4.60. The summed E-state index contributed by atoms with van der Waals surface area (Å²) < 4.78 is 0. The van der Waals surface area contributed by atoms with Gasteiger partial charge in [-0.3, -0.25) is 9.88 Å². The van der Waals surface area contributed by atoms with Crippen LogP contribution in [0.3, 0.4) is 0 Å². The third-order valence-electron chi connectivity index (χ3n) is 3.63. The van der Waals surface area contributed by atoms with Crippen molar-refractivity contribution in [2.75, 3.05) is 7.05 Å². The molecule has 0 spiro atoms. The van der Waals surface area contributed by atoms with E-state index >= 15 is 0 Å². The lowest BCUT2D eigenvalue weighted by atomic mass is 10.2. The zero-order valence-corrected chi connectivity index (χ0v) is 12.7. The Hall–Kier alpha value is -1.23.